The van der Waals surface area contributed by atoms with Crippen LogP contribution in [0.4, 0.5) is 0 Å². The number of rotatable bonds is 4. The summed E-state index contributed by atoms with van der Waals surface area (Å²) in [6, 6.07) is 7.88. The molecule has 0 atom stereocenters. The van der Waals surface area contributed by atoms with E-state index in [-0.39, 0.29) is 5.56 Å². The summed E-state index contributed by atoms with van der Waals surface area (Å²) < 4.78 is 7.00. The molecule has 0 aliphatic rings. The number of benzene rings is 1. The second-order valence-corrected chi connectivity index (χ2v) is 5.20. The zero-order valence-corrected chi connectivity index (χ0v) is 12.0. The Labute approximate surface area is 116 Å². The molecule has 0 radical (unpaired) electrons. The van der Waals surface area contributed by atoms with E-state index >= 15 is 0 Å². The zero-order valence-electron chi connectivity index (χ0n) is 11.2. The Morgan fingerprint density at radius 1 is 1.32 bits per heavy atom. The lowest BCUT2D eigenvalue weighted by Crippen LogP contribution is -2.15. The maximum Gasteiger partial charge on any atom is 0.276 e. The minimum atomic E-state index is -0.157. The molecule has 2 rings (SSSR count). The van der Waals surface area contributed by atoms with E-state index in [9.17, 15) is 4.79 Å². The standard InChI is InChI=1S/C14H16N2O2S/c1-10-8-16(2)14(15-13(10)17)19-9-11-4-6-12(18-3)7-5-11/h4-8H,9H2,1-3H3. The van der Waals surface area contributed by atoms with Crippen molar-refractivity contribution in [3.05, 3.63) is 51.9 Å². The van der Waals surface area contributed by atoms with Crippen LogP contribution in [0.25, 0.3) is 0 Å². The molecule has 0 saturated carbocycles. The number of thioether (sulfide) groups is 1. The van der Waals surface area contributed by atoms with E-state index in [4.69, 9.17) is 4.74 Å². The van der Waals surface area contributed by atoms with Crippen LogP contribution in [0.2, 0.25) is 0 Å². The molecular weight excluding hydrogens is 260 g/mol. The Bertz CT molecular complexity index is 620. The van der Waals surface area contributed by atoms with Gasteiger partial charge in [0.1, 0.15) is 5.75 Å². The summed E-state index contributed by atoms with van der Waals surface area (Å²) in [4.78, 5) is 15.6. The van der Waals surface area contributed by atoms with E-state index in [2.05, 4.69) is 4.98 Å². The topological polar surface area (TPSA) is 44.1 Å². The van der Waals surface area contributed by atoms with Crippen molar-refractivity contribution in [1.82, 2.24) is 9.55 Å². The fourth-order valence-corrected chi connectivity index (χ4v) is 2.55. The van der Waals surface area contributed by atoms with Crippen LogP contribution in [0.1, 0.15) is 11.1 Å². The summed E-state index contributed by atoms with van der Waals surface area (Å²) in [6.07, 6.45) is 1.81. The van der Waals surface area contributed by atoms with E-state index in [1.54, 1.807) is 25.8 Å². The summed E-state index contributed by atoms with van der Waals surface area (Å²) in [5.74, 6) is 1.61. The molecule has 100 valence electrons. The highest BCUT2D eigenvalue weighted by atomic mass is 32.2. The van der Waals surface area contributed by atoms with E-state index in [0.29, 0.717) is 5.56 Å². The molecule has 0 aliphatic heterocycles. The monoisotopic (exact) mass is 276 g/mol. The fourth-order valence-electron chi connectivity index (χ4n) is 1.66. The van der Waals surface area contributed by atoms with Crippen molar-refractivity contribution in [3.8, 4) is 5.75 Å². The number of nitrogens with zero attached hydrogens (tertiary/aromatic N) is 2. The lowest BCUT2D eigenvalue weighted by molar-refractivity contribution is 0.414. The molecule has 0 unspecified atom stereocenters. The van der Waals surface area contributed by atoms with E-state index in [0.717, 1.165) is 16.7 Å². The number of hydrogen-bond donors (Lipinski definition) is 0. The van der Waals surface area contributed by atoms with Gasteiger partial charge >= 0.3 is 0 Å². The second-order valence-electron chi connectivity index (χ2n) is 4.26. The predicted octanol–water partition coefficient (Wildman–Crippen LogP) is 2.39. The normalized spacial score (nSPS) is 10.5. The van der Waals surface area contributed by atoms with Crippen LogP contribution < -0.4 is 10.3 Å². The Morgan fingerprint density at radius 3 is 2.63 bits per heavy atom. The molecule has 0 bridgehead atoms. The van der Waals surface area contributed by atoms with Crippen LogP contribution in [-0.2, 0) is 12.8 Å². The molecule has 1 heterocycles. The van der Waals surface area contributed by atoms with Crippen molar-refractivity contribution in [2.24, 2.45) is 7.05 Å². The smallest absolute Gasteiger partial charge is 0.276 e. The molecular formula is C14H16N2O2S. The van der Waals surface area contributed by atoms with Crippen LogP contribution in [0.3, 0.4) is 0 Å². The van der Waals surface area contributed by atoms with Gasteiger partial charge in [0.05, 0.1) is 7.11 Å². The van der Waals surface area contributed by atoms with Gasteiger partial charge in [0.2, 0.25) is 0 Å². The van der Waals surface area contributed by atoms with Gasteiger partial charge in [0.25, 0.3) is 5.56 Å². The molecule has 0 saturated heterocycles. The molecule has 1 aromatic heterocycles. The summed E-state index contributed by atoms with van der Waals surface area (Å²) in [5, 5.41) is 0.728. The predicted molar refractivity (Wildman–Crippen MR) is 76.8 cm³/mol. The van der Waals surface area contributed by atoms with Crippen LogP contribution in [0.15, 0.2) is 40.4 Å². The summed E-state index contributed by atoms with van der Waals surface area (Å²) >= 11 is 1.55. The van der Waals surface area contributed by atoms with Gasteiger partial charge in [0, 0.05) is 24.6 Å². The Hall–Kier alpha value is -1.75. The second kappa shape index (κ2) is 5.93. The summed E-state index contributed by atoms with van der Waals surface area (Å²) in [5.41, 5.74) is 1.67. The molecule has 5 heteroatoms. The molecule has 19 heavy (non-hydrogen) atoms. The van der Waals surface area contributed by atoms with Crippen molar-refractivity contribution < 1.29 is 4.74 Å². The molecule has 4 nitrogen and oxygen atoms in total. The van der Waals surface area contributed by atoms with Gasteiger partial charge in [-0.3, -0.25) is 4.79 Å². The number of aromatic nitrogens is 2. The molecule has 0 aliphatic carbocycles. The highest BCUT2D eigenvalue weighted by Crippen LogP contribution is 2.21. The number of ether oxygens (including phenoxy) is 1. The summed E-state index contributed by atoms with van der Waals surface area (Å²) in [6.45, 7) is 1.77. The molecule has 0 spiro atoms. The number of methoxy groups -OCH3 is 1. The number of aryl methyl sites for hydroxylation is 2. The first-order valence-corrected chi connectivity index (χ1v) is 6.88. The zero-order chi connectivity index (χ0) is 13.8. The van der Waals surface area contributed by atoms with Gasteiger partial charge in [-0.05, 0) is 24.6 Å². The number of hydrogen-bond acceptors (Lipinski definition) is 4. The largest absolute Gasteiger partial charge is 0.497 e. The minimum Gasteiger partial charge on any atom is -0.497 e. The van der Waals surface area contributed by atoms with Gasteiger partial charge < -0.3 is 9.30 Å². The van der Waals surface area contributed by atoms with Crippen molar-refractivity contribution in [3.63, 3.8) is 0 Å². The van der Waals surface area contributed by atoms with E-state index in [1.807, 2.05) is 42.1 Å². The van der Waals surface area contributed by atoms with Crippen molar-refractivity contribution in [2.75, 3.05) is 7.11 Å². The summed E-state index contributed by atoms with van der Waals surface area (Å²) in [7, 11) is 3.55. The Balaban J connectivity index is 2.09. The maximum absolute atomic E-state index is 11.5. The van der Waals surface area contributed by atoms with Gasteiger partial charge in [-0.15, -0.1) is 0 Å². The highest BCUT2D eigenvalue weighted by molar-refractivity contribution is 7.98. The third-order valence-corrected chi connectivity index (χ3v) is 3.87. The van der Waals surface area contributed by atoms with Crippen molar-refractivity contribution >= 4 is 11.8 Å². The first kappa shape index (κ1) is 13.7. The average Bonchev–Trinajstić information content (AvgIpc) is 2.42. The van der Waals surface area contributed by atoms with Crippen LogP contribution in [0.5, 0.6) is 5.75 Å². The quantitative estimate of drug-likeness (QED) is 0.635. The third kappa shape index (κ3) is 3.38. The molecule has 2 aromatic rings. The molecule has 0 fully saturated rings. The lowest BCUT2D eigenvalue weighted by atomic mass is 10.2. The van der Waals surface area contributed by atoms with Gasteiger partial charge in [-0.1, -0.05) is 23.9 Å². The van der Waals surface area contributed by atoms with E-state index < -0.39 is 0 Å². The van der Waals surface area contributed by atoms with Crippen molar-refractivity contribution in [1.29, 1.82) is 0 Å². The molecule has 1 aromatic carbocycles. The van der Waals surface area contributed by atoms with Gasteiger partial charge in [-0.25, -0.2) is 0 Å². The first-order valence-electron chi connectivity index (χ1n) is 5.90. The SMILES string of the molecule is COc1ccc(CSc2nc(=O)c(C)cn2C)cc1. The lowest BCUT2D eigenvalue weighted by Gasteiger charge is -2.08. The van der Waals surface area contributed by atoms with Crippen molar-refractivity contribution in [2.45, 2.75) is 17.8 Å². The minimum absolute atomic E-state index is 0.157. The first-order chi connectivity index (χ1) is 9.10. The van der Waals surface area contributed by atoms with Gasteiger partial charge in [-0.2, -0.15) is 4.98 Å². The Kier molecular flexibility index (Phi) is 4.27. The third-order valence-electron chi connectivity index (χ3n) is 2.75. The van der Waals surface area contributed by atoms with Gasteiger partial charge in [0.15, 0.2) is 5.16 Å². The average molecular weight is 276 g/mol. The molecule has 0 N–H and O–H groups in total. The van der Waals surface area contributed by atoms with E-state index in [1.165, 1.54) is 5.56 Å². The van der Waals surface area contributed by atoms with Crippen LogP contribution >= 0.6 is 11.8 Å². The van der Waals surface area contributed by atoms with Crippen LogP contribution in [0, 0.1) is 6.92 Å². The maximum atomic E-state index is 11.5. The highest BCUT2D eigenvalue weighted by Gasteiger charge is 2.04. The molecule has 0 amide bonds. The Morgan fingerprint density at radius 2 is 2.00 bits per heavy atom. The fraction of sp³-hybridized carbons (Fsp3) is 0.286. The van der Waals surface area contributed by atoms with Crippen LogP contribution in [-0.4, -0.2) is 16.7 Å².